The van der Waals surface area contributed by atoms with E-state index >= 15 is 0 Å². The second-order valence-electron chi connectivity index (χ2n) is 2.06. The van der Waals surface area contributed by atoms with Crippen molar-refractivity contribution in [3.8, 4) is 0 Å². The number of hydroxylamine groups is 2. The number of rotatable bonds is 0. The molecule has 0 aromatic heterocycles. The number of hydrogen-bond donors (Lipinski definition) is 0. The van der Waals surface area contributed by atoms with Crippen LogP contribution in [-0.4, -0.2) is 16.0 Å². The Bertz CT molecular complexity index is 393. The number of oxime groups is 1. The van der Waals surface area contributed by atoms with Gasteiger partial charge in [0.25, 0.3) is 0 Å². The predicted molar refractivity (Wildman–Crippen MR) is 37.5 cm³/mol. The SMILES string of the molecule is O=[N+]([O-])C1=NON([O-])C1=C1N=NN=N1. The Morgan fingerprint density at radius 2 is 2.00 bits per heavy atom. The van der Waals surface area contributed by atoms with Gasteiger partial charge < -0.3 is 15.3 Å². The zero-order chi connectivity index (χ0) is 10.1. The van der Waals surface area contributed by atoms with Crippen LogP contribution < -0.4 is 0 Å². The van der Waals surface area contributed by atoms with E-state index in [0.717, 1.165) is 0 Å². The van der Waals surface area contributed by atoms with Gasteiger partial charge in [0.2, 0.25) is 11.5 Å². The minimum absolute atomic E-state index is 0.184. The smallest absolute Gasteiger partial charge is 0.442 e. The van der Waals surface area contributed by atoms with Crippen LogP contribution in [0.4, 0.5) is 0 Å². The van der Waals surface area contributed by atoms with Crippen LogP contribution in [0.15, 0.2) is 37.3 Å². The average molecular weight is 198 g/mol. The molecule has 2 aliphatic rings. The molecular formula is C3N7O4-. The van der Waals surface area contributed by atoms with Gasteiger partial charge in [-0.25, -0.2) is 5.23 Å². The lowest BCUT2D eigenvalue weighted by Gasteiger charge is -2.15. The molecule has 0 radical (unpaired) electrons. The van der Waals surface area contributed by atoms with Gasteiger partial charge in [0, 0.05) is 0 Å². The lowest BCUT2D eigenvalue weighted by Crippen LogP contribution is -2.19. The van der Waals surface area contributed by atoms with E-state index in [1.54, 1.807) is 0 Å². The van der Waals surface area contributed by atoms with Gasteiger partial charge in [-0.15, -0.1) is 10.2 Å². The summed E-state index contributed by atoms with van der Waals surface area (Å²) in [6.45, 7) is 0. The standard InChI is InChI=1S/C3N7O4/c11-9(12)3-1(10(13)14-6-3)2-4-7-8-5-2/q-1. The molecule has 2 aliphatic heterocycles. The van der Waals surface area contributed by atoms with E-state index in [2.05, 4.69) is 30.8 Å². The number of nitro groups is 1. The van der Waals surface area contributed by atoms with Crippen molar-refractivity contribution in [2.75, 3.05) is 0 Å². The molecule has 11 nitrogen and oxygen atoms in total. The van der Waals surface area contributed by atoms with Crippen LogP contribution in [0.5, 0.6) is 0 Å². The summed E-state index contributed by atoms with van der Waals surface area (Å²) in [4.78, 5) is 13.5. The third-order valence-corrected chi connectivity index (χ3v) is 1.30. The van der Waals surface area contributed by atoms with Crippen molar-refractivity contribution in [1.82, 2.24) is 5.23 Å². The average Bonchev–Trinajstić information content (AvgIpc) is 2.71. The molecule has 0 amide bonds. The topological polar surface area (TPSA) is 140 Å². The molecule has 0 aliphatic carbocycles. The van der Waals surface area contributed by atoms with Crippen molar-refractivity contribution in [2.45, 2.75) is 0 Å². The quantitative estimate of drug-likeness (QED) is 0.407. The molecule has 14 heavy (non-hydrogen) atoms. The van der Waals surface area contributed by atoms with E-state index in [9.17, 15) is 15.3 Å². The van der Waals surface area contributed by atoms with Crippen molar-refractivity contribution >= 4 is 5.84 Å². The highest BCUT2D eigenvalue weighted by atomic mass is 17.0. The number of amidine groups is 1. The first kappa shape index (κ1) is 8.18. The lowest BCUT2D eigenvalue weighted by atomic mass is 10.4. The van der Waals surface area contributed by atoms with Crippen LogP contribution in [0.25, 0.3) is 0 Å². The molecule has 0 bridgehead atoms. The fraction of sp³-hybridized carbons (Fsp3) is 0. The zero-order valence-electron chi connectivity index (χ0n) is 6.26. The summed E-state index contributed by atoms with van der Waals surface area (Å²) in [5.74, 6) is -1.09. The second-order valence-corrected chi connectivity index (χ2v) is 2.06. The molecule has 72 valence electrons. The van der Waals surface area contributed by atoms with Crippen LogP contribution >= 0.6 is 0 Å². The van der Waals surface area contributed by atoms with Crippen LogP contribution in [0.2, 0.25) is 0 Å². The van der Waals surface area contributed by atoms with Gasteiger partial charge in [-0.3, -0.25) is 0 Å². The first-order valence-corrected chi connectivity index (χ1v) is 3.13. The van der Waals surface area contributed by atoms with Crippen molar-refractivity contribution < 1.29 is 9.86 Å². The molecule has 2 heterocycles. The molecule has 0 aromatic carbocycles. The molecule has 0 unspecified atom stereocenters. The number of nitrogens with zero attached hydrogens (tertiary/aromatic N) is 7. The van der Waals surface area contributed by atoms with Crippen LogP contribution in [0, 0.1) is 15.3 Å². The Hall–Kier alpha value is -2.43. The van der Waals surface area contributed by atoms with Crippen molar-refractivity contribution in [3.63, 3.8) is 0 Å². The third kappa shape index (κ3) is 1.08. The fourth-order valence-corrected chi connectivity index (χ4v) is 0.782. The van der Waals surface area contributed by atoms with E-state index in [1.807, 2.05) is 0 Å². The van der Waals surface area contributed by atoms with E-state index in [4.69, 9.17) is 0 Å². The third-order valence-electron chi connectivity index (χ3n) is 1.30. The zero-order valence-corrected chi connectivity index (χ0v) is 6.26. The summed E-state index contributed by atoms with van der Waals surface area (Å²) >= 11 is 0. The van der Waals surface area contributed by atoms with Crippen molar-refractivity contribution in [3.05, 3.63) is 26.8 Å². The van der Waals surface area contributed by atoms with Gasteiger partial charge in [-0.05, 0) is 15.4 Å². The maximum Gasteiger partial charge on any atom is 0.442 e. The maximum absolute atomic E-state index is 10.9. The lowest BCUT2D eigenvalue weighted by molar-refractivity contribution is -0.349. The van der Waals surface area contributed by atoms with Gasteiger partial charge in [-0.1, -0.05) is 0 Å². The summed E-state index contributed by atoms with van der Waals surface area (Å²) in [6.07, 6.45) is 0. The van der Waals surface area contributed by atoms with Crippen LogP contribution in [-0.2, 0) is 4.94 Å². The highest BCUT2D eigenvalue weighted by Crippen LogP contribution is 2.23. The Kier molecular flexibility index (Phi) is 1.64. The highest BCUT2D eigenvalue weighted by molar-refractivity contribution is 5.92. The fourth-order valence-electron chi connectivity index (χ4n) is 0.782. The molecule has 0 spiro atoms. The minimum Gasteiger partial charge on any atom is -0.720 e. The predicted octanol–water partition coefficient (Wildman–Crippen LogP) is 0.324. The summed E-state index contributed by atoms with van der Waals surface area (Å²) in [5, 5.41) is 36.6. The van der Waals surface area contributed by atoms with Gasteiger partial charge in [0.05, 0.1) is 0 Å². The second kappa shape index (κ2) is 2.81. The van der Waals surface area contributed by atoms with E-state index in [1.165, 1.54) is 0 Å². The van der Waals surface area contributed by atoms with Crippen molar-refractivity contribution in [1.29, 1.82) is 0 Å². The normalized spacial score (nSPS) is 18.9. The first-order chi connectivity index (χ1) is 6.70. The summed E-state index contributed by atoms with van der Waals surface area (Å²) in [5.41, 5.74) is -0.528. The molecule has 0 saturated carbocycles. The highest BCUT2D eigenvalue weighted by Gasteiger charge is 2.36. The van der Waals surface area contributed by atoms with E-state index in [0.29, 0.717) is 0 Å². The summed E-state index contributed by atoms with van der Waals surface area (Å²) < 4.78 is 0. The van der Waals surface area contributed by atoms with Crippen LogP contribution in [0.3, 0.4) is 0 Å². The van der Waals surface area contributed by atoms with Crippen LogP contribution in [0.1, 0.15) is 0 Å². The van der Waals surface area contributed by atoms with Gasteiger partial charge in [0.15, 0.2) is 5.16 Å². The van der Waals surface area contributed by atoms with Gasteiger partial charge in [0.1, 0.15) is 0 Å². The Morgan fingerprint density at radius 1 is 1.36 bits per heavy atom. The largest absolute Gasteiger partial charge is 0.720 e. The summed E-state index contributed by atoms with van der Waals surface area (Å²) in [6, 6.07) is 0. The van der Waals surface area contributed by atoms with E-state index < -0.39 is 16.5 Å². The molecule has 11 heteroatoms. The first-order valence-electron chi connectivity index (χ1n) is 3.13. The van der Waals surface area contributed by atoms with Gasteiger partial charge >= 0.3 is 5.84 Å². The number of hydrogen-bond acceptors (Lipinski definition) is 10. The Balaban J connectivity index is 2.47. The molecule has 0 atom stereocenters. The molecular weight excluding hydrogens is 198 g/mol. The van der Waals surface area contributed by atoms with Crippen molar-refractivity contribution in [2.24, 2.45) is 25.8 Å². The minimum atomic E-state index is -0.899. The van der Waals surface area contributed by atoms with Gasteiger partial charge in [-0.2, -0.15) is 4.94 Å². The molecule has 0 N–H and O–H groups in total. The monoisotopic (exact) mass is 198 g/mol. The maximum atomic E-state index is 10.9. The molecule has 0 aromatic rings. The Labute approximate surface area is 74.7 Å². The molecule has 0 fully saturated rings. The Morgan fingerprint density at radius 3 is 2.57 bits per heavy atom. The molecule has 0 saturated heterocycles. The molecule has 2 rings (SSSR count). The summed E-state index contributed by atoms with van der Waals surface area (Å²) in [7, 11) is 0. The van der Waals surface area contributed by atoms with E-state index in [-0.39, 0.29) is 11.0 Å².